The van der Waals surface area contributed by atoms with Crippen LogP contribution in [0.5, 0.6) is 0 Å². The van der Waals surface area contributed by atoms with E-state index < -0.39 is 16.0 Å². The van der Waals surface area contributed by atoms with Gasteiger partial charge in [-0.05, 0) is 24.3 Å². The van der Waals surface area contributed by atoms with Crippen LogP contribution in [-0.2, 0) is 10.0 Å². The van der Waals surface area contributed by atoms with Crippen molar-refractivity contribution in [1.82, 2.24) is 4.98 Å². The number of carboxylic acids is 1. The Labute approximate surface area is 125 Å². The van der Waals surface area contributed by atoms with Crippen molar-refractivity contribution in [2.75, 3.05) is 10.5 Å². The summed E-state index contributed by atoms with van der Waals surface area (Å²) in [5, 5.41) is 9.00. The maximum Gasteiger partial charge on any atom is 0.335 e. The molecule has 2 rings (SSSR count). The van der Waals surface area contributed by atoms with Gasteiger partial charge in [-0.3, -0.25) is 4.72 Å². The molecule has 1 aromatic carbocycles. The maximum atomic E-state index is 12.2. The number of anilines is 2. The van der Waals surface area contributed by atoms with Crippen LogP contribution in [0.3, 0.4) is 0 Å². The average Bonchev–Trinajstić information content (AvgIpc) is 2.41. The summed E-state index contributed by atoms with van der Waals surface area (Å²) in [6, 6.07) is 6.52. The molecule has 0 amide bonds. The minimum absolute atomic E-state index is 0.0487. The van der Waals surface area contributed by atoms with Crippen LogP contribution in [0.25, 0.3) is 0 Å². The molecule has 0 atom stereocenters. The molecular weight excluding hydrogens is 318 g/mol. The van der Waals surface area contributed by atoms with Gasteiger partial charge in [0.1, 0.15) is 10.7 Å². The van der Waals surface area contributed by atoms with Gasteiger partial charge < -0.3 is 10.8 Å². The summed E-state index contributed by atoms with van der Waals surface area (Å²) >= 11 is 5.70. The maximum absolute atomic E-state index is 12.2. The standard InChI is InChI=1S/C12H10ClN3O4S/c13-8-5-10(11(14)15-6-8)21(19,20)16-9-3-1-2-7(4-9)12(17)18/h1-6,16H,(H2,14,15)(H,17,18). The highest BCUT2D eigenvalue weighted by Crippen LogP contribution is 2.23. The molecule has 0 aliphatic rings. The number of sulfonamides is 1. The Bertz CT molecular complexity index is 808. The summed E-state index contributed by atoms with van der Waals surface area (Å²) < 4.78 is 26.7. The summed E-state index contributed by atoms with van der Waals surface area (Å²) in [6.45, 7) is 0. The number of nitrogens with one attached hydrogen (secondary N) is 1. The van der Waals surface area contributed by atoms with Gasteiger partial charge in [0.15, 0.2) is 0 Å². The van der Waals surface area contributed by atoms with Gasteiger partial charge in [-0.15, -0.1) is 0 Å². The lowest BCUT2D eigenvalue weighted by Crippen LogP contribution is -2.15. The summed E-state index contributed by atoms with van der Waals surface area (Å²) in [5.41, 5.74) is 5.57. The topological polar surface area (TPSA) is 122 Å². The van der Waals surface area contributed by atoms with Gasteiger partial charge in [0.05, 0.1) is 10.6 Å². The monoisotopic (exact) mass is 327 g/mol. The molecule has 9 heteroatoms. The van der Waals surface area contributed by atoms with Crippen molar-refractivity contribution in [3.05, 3.63) is 47.1 Å². The molecule has 4 N–H and O–H groups in total. The number of nitrogens with two attached hydrogens (primary N) is 1. The Hall–Kier alpha value is -2.32. The van der Waals surface area contributed by atoms with Crippen molar-refractivity contribution in [3.8, 4) is 0 Å². The number of carbonyl (C=O) groups is 1. The first kappa shape index (κ1) is 15.1. The SMILES string of the molecule is Nc1ncc(Cl)cc1S(=O)(=O)Nc1cccc(C(=O)O)c1. The van der Waals surface area contributed by atoms with Crippen molar-refractivity contribution in [2.45, 2.75) is 4.90 Å². The lowest BCUT2D eigenvalue weighted by atomic mass is 10.2. The second-order valence-electron chi connectivity index (χ2n) is 4.03. The van der Waals surface area contributed by atoms with Gasteiger partial charge in [-0.1, -0.05) is 17.7 Å². The Morgan fingerprint density at radius 3 is 2.71 bits per heavy atom. The first-order chi connectivity index (χ1) is 9.79. The summed E-state index contributed by atoms with van der Waals surface area (Å²) in [7, 11) is -4.02. The number of hydrogen-bond donors (Lipinski definition) is 3. The van der Waals surface area contributed by atoms with Gasteiger partial charge in [-0.25, -0.2) is 18.2 Å². The van der Waals surface area contributed by atoms with Crippen molar-refractivity contribution in [2.24, 2.45) is 0 Å². The first-order valence-corrected chi connectivity index (χ1v) is 7.43. The number of carboxylic acid groups (broad SMARTS) is 1. The van der Waals surface area contributed by atoms with Crippen LogP contribution in [0.4, 0.5) is 11.5 Å². The molecule has 1 aromatic heterocycles. The van der Waals surface area contributed by atoms with E-state index in [1.807, 2.05) is 0 Å². The zero-order chi connectivity index (χ0) is 15.6. The molecule has 21 heavy (non-hydrogen) atoms. The molecule has 0 aliphatic heterocycles. The molecule has 0 bridgehead atoms. The molecule has 110 valence electrons. The molecular formula is C12H10ClN3O4S. The quantitative estimate of drug-likeness (QED) is 0.787. The number of nitrogen functional groups attached to an aromatic ring is 1. The number of benzene rings is 1. The van der Waals surface area contributed by atoms with Crippen LogP contribution >= 0.6 is 11.6 Å². The molecule has 0 unspecified atom stereocenters. The van der Waals surface area contributed by atoms with Crippen molar-refractivity contribution in [3.63, 3.8) is 0 Å². The highest BCUT2D eigenvalue weighted by atomic mass is 35.5. The third-order valence-electron chi connectivity index (χ3n) is 2.50. The number of rotatable bonds is 4. The fraction of sp³-hybridized carbons (Fsp3) is 0. The molecule has 7 nitrogen and oxygen atoms in total. The van der Waals surface area contributed by atoms with Crippen molar-refractivity contribution < 1.29 is 18.3 Å². The van der Waals surface area contributed by atoms with E-state index in [-0.39, 0.29) is 27.0 Å². The van der Waals surface area contributed by atoms with Gasteiger partial charge in [0, 0.05) is 11.9 Å². The van der Waals surface area contributed by atoms with Gasteiger partial charge in [0.25, 0.3) is 10.0 Å². The number of pyridine rings is 1. The summed E-state index contributed by atoms with van der Waals surface area (Å²) in [5.74, 6) is -1.37. The molecule has 0 aliphatic carbocycles. The zero-order valence-corrected chi connectivity index (χ0v) is 12.0. The Morgan fingerprint density at radius 1 is 1.33 bits per heavy atom. The highest BCUT2D eigenvalue weighted by Gasteiger charge is 2.19. The minimum atomic E-state index is -4.02. The van der Waals surface area contributed by atoms with Crippen LogP contribution < -0.4 is 10.5 Å². The molecule has 2 aromatic rings. The lowest BCUT2D eigenvalue weighted by Gasteiger charge is -2.10. The van der Waals surface area contributed by atoms with Gasteiger partial charge >= 0.3 is 5.97 Å². The van der Waals surface area contributed by atoms with E-state index in [1.54, 1.807) is 0 Å². The number of aromatic carboxylic acids is 1. The second-order valence-corrected chi connectivity index (χ2v) is 6.12. The Kier molecular flexibility index (Phi) is 4.01. The molecule has 0 spiro atoms. The van der Waals surface area contributed by atoms with E-state index >= 15 is 0 Å². The van der Waals surface area contributed by atoms with Crippen LogP contribution in [-0.4, -0.2) is 24.5 Å². The van der Waals surface area contributed by atoms with E-state index in [2.05, 4.69) is 9.71 Å². The number of aromatic nitrogens is 1. The number of halogens is 1. The van der Waals surface area contributed by atoms with E-state index in [0.29, 0.717) is 0 Å². The fourth-order valence-electron chi connectivity index (χ4n) is 1.57. The van der Waals surface area contributed by atoms with E-state index in [1.165, 1.54) is 30.5 Å². The molecule has 1 heterocycles. The van der Waals surface area contributed by atoms with Crippen LogP contribution in [0.2, 0.25) is 5.02 Å². The second kappa shape index (κ2) is 5.58. The van der Waals surface area contributed by atoms with Crippen LogP contribution in [0.1, 0.15) is 10.4 Å². The summed E-state index contributed by atoms with van der Waals surface area (Å²) in [4.78, 5) is 14.2. The molecule has 0 saturated heterocycles. The number of nitrogens with zero attached hydrogens (tertiary/aromatic N) is 1. The van der Waals surface area contributed by atoms with Crippen LogP contribution in [0.15, 0.2) is 41.4 Å². The highest BCUT2D eigenvalue weighted by molar-refractivity contribution is 7.92. The average molecular weight is 328 g/mol. The Balaban J connectivity index is 2.40. The molecule has 0 saturated carbocycles. The predicted octanol–water partition coefficient (Wildman–Crippen LogP) is 1.82. The van der Waals surface area contributed by atoms with E-state index in [9.17, 15) is 13.2 Å². The van der Waals surface area contributed by atoms with Gasteiger partial charge in [-0.2, -0.15) is 0 Å². The predicted molar refractivity (Wildman–Crippen MR) is 77.9 cm³/mol. The minimum Gasteiger partial charge on any atom is -0.478 e. The molecule has 0 radical (unpaired) electrons. The van der Waals surface area contributed by atoms with E-state index in [4.69, 9.17) is 22.4 Å². The lowest BCUT2D eigenvalue weighted by molar-refractivity contribution is 0.0697. The zero-order valence-electron chi connectivity index (χ0n) is 10.4. The Morgan fingerprint density at radius 2 is 2.05 bits per heavy atom. The van der Waals surface area contributed by atoms with Crippen molar-refractivity contribution in [1.29, 1.82) is 0 Å². The van der Waals surface area contributed by atoms with Crippen molar-refractivity contribution >= 4 is 39.1 Å². The van der Waals surface area contributed by atoms with Crippen LogP contribution in [0, 0.1) is 0 Å². The van der Waals surface area contributed by atoms with Gasteiger partial charge in [0.2, 0.25) is 0 Å². The third kappa shape index (κ3) is 3.41. The normalized spacial score (nSPS) is 11.1. The van der Waals surface area contributed by atoms with E-state index in [0.717, 1.165) is 6.07 Å². The first-order valence-electron chi connectivity index (χ1n) is 5.57. The summed E-state index contributed by atoms with van der Waals surface area (Å²) in [6.07, 6.45) is 1.22. The third-order valence-corrected chi connectivity index (χ3v) is 4.12. The molecule has 0 fully saturated rings. The smallest absolute Gasteiger partial charge is 0.335 e. The fourth-order valence-corrected chi connectivity index (χ4v) is 2.95. The number of hydrogen-bond acceptors (Lipinski definition) is 5. The largest absolute Gasteiger partial charge is 0.478 e.